The summed E-state index contributed by atoms with van der Waals surface area (Å²) in [4.78, 5) is 0. The molecule has 1 aromatic rings. The Morgan fingerprint density at radius 3 is 2.71 bits per heavy atom. The molecular weight excluding hydrogens is 241 g/mol. The number of hydrogen-bond acceptors (Lipinski definition) is 3. The van der Waals surface area contributed by atoms with Crippen molar-refractivity contribution < 1.29 is 4.74 Å². The molecule has 0 spiro atoms. The van der Waals surface area contributed by atoms with Gasteiger partial charge in [0.1, 0.15) is 6.10 Å². The maximum Gasteiger partial charge on any atom is 0.243 e. The van der Waals surface area contributed by atoms with Crippen LogP contribution in [-0.2, 0) is 4.74 Å². The van der Waals surface area contributed by atoms with Crippen molar-refractivity contribution in [3.63, 3.8) is 0 Å². The molecule has 0 unspecified atom stereocenters. The van der Waals surface area contributed by atoms with Gasteiger partial charge in [-0.3, -0.25) is 5.41 Å². The summed E-state index contributed by atoms with van der Waals surface area (Å²) in [7, 11) is 0. The molecule has 1 aliphatic heterocycles. The van der Waals surface area contributed by atoms with Crippen molar-refractivity contribution in [3.05, 3.63) is 33.8 Å². The van der Waals surface area contributed by atoms with Crippen LogP contribution < -0.4 is 0 Å². The Hall–Kier alpha value is -0.380. The van der Waals surface area contributed by atoms with Gasteiger partial charge in [-0.15, -0.1) is 0 Å². The van der Waals surface area contributed by atoms with E-state index in [-0.39, 0.29) is 11.3 Å². The average Bonchev–Trinajstić information content (AvgIpc) is 2.57. The molecule has 0 amide bonds. The SMILES string of the molecule is N=C1O[C@H](c2ccc(Cl)c(Cl)c2)CS1. The molecule has 1 saturated heterocycles. The lowest BCUT2D eigenvalue weighted by molar-refractivity contribution is 0.234. The highest BCUT2D eigenvalue weighted by molar-refractivity contribution is 8.13. The third-order valence-corrected chi connectivity index (χ3v) is 3.50. The first-order chi connectivity index (χ1) is 6.66. The fourth-order valence-corrected chi connectivity index (χ4v) is 2.28. The number of benzene rings is 1. The van der Waals surface area contributed by atoms with Crippen LogP contribution in [0.1, 0.15) is 11.7 Å². The highest BCUT2D eigenvalue weighted by Crippen LogP contribution is 2.33. The summed E-state index contributed by atoms with van der Waals surface area (Å²) in [5.41, 5.74) is 0.967. The van der Waals surface area contributed by atoms with E-state index in [1.165, 1.54) is 11.8 Å². The third kappa shape index (κ3) is 2.00. The number of rotatable bonds is 1. The van der Waals surface area contributed by atoms with E-state index < -0.39 is 0 Å². The minimum Gasteiger partial charge on any atom is -0.464 e. The molecule has 14 heavy (non-hydrogen) atoms. The van der Waals surface area contributed by atoms with Gasteiger partial charge in [-0.1, -0.05) is 41.0 Å². The predicted octanol–water partition coefficient (Wildman–Crippen LogP) is 3.73. The van der Waals surface area contributed by atoms with E-state index in [9.17, 15) is 0 Å². The van der Waals surface area contributed by atoms with E-state index >= 15 is 0 Å². The fraction of sp³-hybridized carbons (Fsp3) is 0.222. The summed E-state index contributed by atoms with van der Waals surface area (Å²) < 4.78 is 5.29. The van der Waals surface area contributed by atoms with Gasteiger partial charge >= 0.3 is 0 Å². The molecule has 0 radical (unpaired) electrons. The van der Waals surface area contributed by atoms with Crippen LogP contribution in [-0.4, -0.2) is 11.0 Å². The molecule has 1 atom stereocenters. The van der Waals surface area contributed by atoms with E-state index in [0.29, 0.717) is 10.0 Å². The molecule has 0 bridgehead atoms. The second-order valence-electron chi connectivity index (χ2n) is 2.88. The Morgan fingerprint density at radius 2 is 2.14 bits per heavy atom. The van der Waals surface area contributed by atoms with Crippen LogP contribution in [0.25, 0.3) is 0 Å². The summed E-state index contributed by atoms with van der Waals surface area (Å²) in [6.45, 7) is 0. The Labute approximate surface area is 96.0 Å². The maximum absolute atomic E-state index is 7.31. The van der Waals surface area contributed by atoms with E-state index in [1.54, 1.807) is 12.1 Å². The molecular formula is C9H7Cl2NOS. The van der Waals surface area contributed by atoms with Gasteiger partial charge in [0.25, 0.3) is 0 Å². The Morgan fingerprint density at radius 1 is 1.36 bits per heavy atom. The largest absolute Gasteiger partial charge is 0.464 e. The Bertz CT molecular complexity index is 383. The third-order valence-electron chi connectivity index (χ3n) is 1.93. The summed E-state index contributed by atoms with van der Waals surface area (Å²) in [5.74, 6) is 0.761. The molecule has 1 N–H and O–H groups in total. The van der Waals surface area contributed by atoms with Crippen molar-refractivity contribution in [2.24, 2.45) is 0 Å². The molecule has 1 aliphatic rings. The van der Waals surface area contributed by atoms with Crippen molar-refractivity contribution in [2.75, 3.05) is 5.75 Å². The number of thioether (sulfide) groups is 1. The number of ether oxygens (including phenoxy) is 1. The van der Waals surface area contributed by atoms with Gasteiger partial charge in [0.05, 0.1) is 10.0 Å². The molecule has 5 heteroatoms. The summed E-state index contributed by atoms with van der Waals surface area (Å²) in [6.07, 6.45) is -0.0673. The number of halogens is 2. The quantitative estimate of drug-likeness (QED) is 0.821. The molecule has 0 saturated carbocycles. The van der Waals surface area contributed by atoms with Gasteiger partial charge in [-0.25, -0.2) is 0 Å². The lowest BCUT2D eigenvalue weighted by Crippen LogP contribution is -2.00. The zero-order valence-electron chi connectivity index (χ0n) is 7.09. The van der Waals surface area contributed by atoms with Crippen LogP contribution in [0, 0.1) is 5.41 Å². The van der Waals surface area contributed by atoms with Crippen molar-refractivity contribution in [1.29, 1.82) is 5.41 Å². The van der Waals surface area contributed by atoms with Gasteiger partial charge in [0.15, 0.2) is 0 Å². The normalized spacial score (nSPS) is 21.0. The molecule has 2 nitrogen and oxygen atoms in total. The average molecular weight is 248 g/mol. The monoisotopic (exact) mass is 247 g/mol. The lowest BCUT2D eigenvalue weighted by Gasteiger charge is -2.09. The van der Waals surface area contributed by atoms with Crippen molar-refractivity contribution in [3.8, 4) is 0 Å². The molecule has 2 rings (SSSR count). The van der Waals surface area contributed by atoms with Gasteiger partial charge < -0.3 is 4.74 Å². The van der Waals surface area contributed by atoms with E-state index in [2.05, 4.69) is 0 Å². The minimum atomic E-state index is -0.0673. The number of nitrogens with one attached hydrogen (secondary N) is 1. The first-order valence-electron chi connectivity index (χ1n) is 4.00. The second-order valence-corrected chi connectivity index (χ2v) is 4.69. The van der Waals surface area contributed by atoms with Crippen LogP contribution in [0.2, 0.25) is 10.0 Å². The molecule has 1 aromatic carbocycles. The van der Waals surface area contributed by atoms with Crippen molar-refractivity contribution >= 4 is 40.2 Å². The van der Waals surface area contributed by atoms with Crippen LogP contribution >= 0.6 is 35.0 Å². The van der Waals surface area contributed by atoms with Gasteiger partial charge in [-0.2, -0.15) is 0 Å². The topological polar surface area (TPSA) is 33.1 Å². The van der Waals surface area contributed by atoms with Crippen molar-refractivity contribution in [2.45, 2.75) is 6.10 Å². The van der Waals surface area contributed by atoms with Crippen LogP contribution in [0.5, 0.6) is 0 Å². The summed E-state index contributed by atoms with van der Waals surface area (Å²) in [5, 5.41) is 8.63. The highest BCUT2D eigenvalue weighted by Gasteiger charge is 2.23. The zero-order chi connectivity index (χ0) is 10.1. The van der Waals surface area contributed by atoms with Gasteiger partial charge in [0.2, 0.25) is 5.23 Å². The van der Waals surface area contributed by atoms with Crippen LogP contribution in [0.15, 0.2) is 18.2 Å². The van der Waals surface area contributed by atoms with Crippen LogP contribution in [0.4, 0.5) is 0 Å². The van der Waals surface area contributed by atoms with Gasteiger partial charge in [0, 0.05) is 5.75 Å². The molecule has 1 fully saturated rings. The minimum absolute atomic E-state index is 0.0673. The predicted molar refractivity (Wildman–Crippen MR) is 60.5 cm³/mol. The first-order valence-corrected chi connectivity index (χ1v) is 5.74. The highest BCUT2D eigenvalue weighted by atomic mass is 35.5. The molecule has 74 valence electrons. The maximum atomic E-state index is 7.31. The lowest BCUT2D eigenvalue weighted by atomic mass is 10.1. The fourth-order valence-electron chi connectivity index (χ4n) is 1.23. The molecule has 0 aromatic heterocycles. The smallest absolute Gasteiger partial charge is 0.243 e. The Kier molecular flexibility index (Phi) is 2.91. The summed E-state index contributed by atoms with van der Waals surface area (Å²) in [6, 6.07) is 5.40. The van der Waals surface area contributed by atoms with Crippen LogP contribution in [0.3, 0.4) is 0 Å². The van der Waals surface area contributed by atoms with Gasteiger partial charge in [-0.05, 0) is 17.7 Å². The first kappa shape index (κ1) is 10.1. The molecule has 1 heterocycles. The summed E-state index contributed by atoms with van der Waals surface area (Å²) >= 11 is 13.1. The standard InChI is InChI=1S/C9H7Cl2NOS/c10-6-2-1-5(3-7(6)11)8-4-14-9(12)13-8/h1-3,8,12H,4H2/t8-/m0/s1. The second kappa shape index (κ2) is 4.01. The Balaban J connectivity index is 2.24. The molecule has 0 aliphatic carbocycles. The zero-order valence-corrected chi connectivity index (χ0v) is 9.42. The van der Waals surface area contributed by atoms with E-state index in [4.69, 9.17) is 33.3 Å². The van der Waals surface area contributed by atoms with E-state index in [0.717, 1.165) is 11.3 Å². The van der Waals surface area contributed by atoms with Crippen molar-refractivity contribution in [1.82, 2.24) is 0 Å². The van der Waals surface area contributed by atoms with E-state index in [1.807, 2.05) is 6.07 Å². The number of hydrogen-bond donors (Lipinski definition) is 1.